The normalized spacial score (nSPS) is 20.3. The number of carbonyl (C=O) groups is 2. The molecule has 2 amide bonds. The van der Waals surface area contributed by atoms with Crippen molar-refractivity contribution in [1.82, 2.24) is 10.2 Å². The van der Waals surface area contributed by atoms with E-state index in [0.29, 0.717) is 19.5 Å². The second-order valence-corrected chi connectivity index (χ2v) is 6.96. The second kappa shape index (κ2) is 6.31. The number of thioether (sulfide) groups is 1. The summed E-state index contributed by atoms with van der Waals surface area (Å²) in [5, 5.41) is 11.6. The third-order valence-corrected chi connectivity index (χ3v) is 4.18. The molecular formula is C12H22N2O3S. The fourth-order valence-electron chi connectivity index (χ4n) is 1.98. The molecule has 0 unspecified atom stereocenters. The average molecular weight is 274 g/mol. The highest BCUT2D eigenvalue weighted by Crippen LogP contribution is 2.29. The smallest absolute Gasteiger partial charge is 0.326 e. The van der Waals surface area contributed by atoms with Gasteiger partial charge in [-0.15, -0.1) is 0 Å². The first-order valence-corrected chi connectivity index (χ1v) is 7.26. The van der Waals surface area contributed by atoms with Gasteiger partial charge in [-0.25, -0.2) is 9.59 Å². The van der Waals surface area contributed by atoms with Gasteiger partial charge in [-0.05, 0) is 20.3 Å². The van der Waals surface area contributed by atoms with Crippen LogP contribution in [0.3, 0.4) is 0 Å². The third kappa shape index (κ3) is 4.40. The molecule has 0 radical (unpaired) electrons. The molecule has 1 atom stereocenters. The van der Waals surface area contributed by atoms with Gasteiger partial charge >= 0.3 is 12.0 Å². The third-order valence-electron chi connectivity index (χ3n) is 2.89. The van der Waals surface area contributed by atoms with Crippen molar-refractivity contribution >= 4 is 23.8 Å². The van der Waals surface area contributed by atoms with E-state index in [1.54, 1.807) is 4.90 Å². The van der Waals surface area contributed by atoms with E-state index in [-0.39, 0.29) is 10.8 Å². The zero-order valence-electron chi connectivity index (χ0n) is 11.2. The number of urea groups is 1. The minimum absolute atomic E-state index is 0.0407. The Morgan fingerprint density at radius 3 is 2.67 bits per heavy atom. The number of aliphatic carboxylic acids is 1. The van der Waals surface area contributed by atoms with Gasteiger partial charge in [0, 0.05) is 23.6 Å². The molecule has 104 valence electrons. The van der Waals surface area contributed by atoms with Crippen LogP contribution in [0.15, 0.2) is 0 Å². The number of rotatable bonds is 4. The predicted octanol–water partition coefficient (Wildman–Crippen LogP) is 1.78. The Balaban J connectivity index is 2.55. The second-order valence-electron chi connectivity index (χ2n) is 5.16. The van der Waals surface area contributed by atoms with Crippen LogP contribution in [0.1, 0.15) is 33.6 Å². The number of nitrogens with one attached hydrogen (secondary N) is 1. The Kier molecular flexibility index (Phi) is 5.31. The molecule has 0 bridgehead atoms. The lowest BCUT2D eigenvalue weighted by molar-refractivity contribution is -0.139. The number of amides is 2. The lowest BCUT2D eigenvalue weighted by Gasteiger charge is -2.37. The zero-order valence-corrected chi connectivity index (χ0v) is 12.0. The molecule has 0 aliphatic carbocycles. The van der Waals surface area contributed by atoms with Gasteiger partial charge in [0.15, 0.2) is 0 Å². The van der Waals surface area contributed by atoms with E-state index in [0.717, 1.165) is 12.2 Å². The summed E-state index contributed by atoms with van der Waals surface area (Å²) in [5.74, 6) is -0.0674. The molecule has 0 aromatic rings. The molecule has 1 heterocycles. The van der Waals surface area contributed by atoms with E-state index in [1.807, 2.05) is 18.7 Å². The van der Waals surface area contributed by atoms with Crippen molar-refractivity contribution in [2.24, 2.45) is 0 Å². The lowest BCUT2D eigenvalue weighted by atomic mass is 10.1. The average Bonchev–Trinajstić information content (AvgIpc) is 2.26. The van der Waals surface area contributed by atoms with E-state index in [1.165, 1.54) is 0 Å². The molecule has 1 fully saturated rings. The Bertz CT molecular complexity index is 320. The summed E-state index contributed by atoms with van der Waals surface area (Å²) >= 11 is 1.84. The SMILES string of the molecule is CCC[C@H](NC(=O)N1CCSC(C)(C)C1)C(=O)O. The molecule has 18 heavy (non-hydrogen) atoms. The monoisotopic (exact) mass is 274 g/mol. The largest absolute Gasteiger partial charge is 0.480 e. The van der Waals surface area contributed by atoms with Gasteiger partial charge in [0.05, 0.1) is 0 Å². The molecule has 1 aliphatic heterocycles. The van der Waals surface area contributed by atoms with Crippen molar-refractivity contribution in [2.75, 3.05) is 18.8 Å². The van der Waals surface area contributed by atoms with Gasteiger partial charge in [-0.2, -0.15) is 11.8 Å². The Labute approximate surface area is 112 Å². The fraction of sp³-hybridized carbons (Fsp3) is 0.833. The van der Waals surface area contributed by atoms with Gasteiger partial charge in [0.1, 0.15) is 6.04 Å². The molecule has 1 aliphatic rings. The summed E-state index contributed by atoms with van der Waals surface area (Å²) < 4.78 is 0.0407. The molecule has 0 spiro atoms. The Hall–Kier alpha value is -0.910. The predicted molar refractivity (Wildman–Crippen MR) is 73.0 cm³/mol. The van der Waals surface area contributed by atoms with Crippen LogP contribution < -0.4 is 5.32 Å². The van der Waals surface area contributed by atoms with E-state index < -0.39 is 12.0 Å². The zero-order chi connectivity index (χ0) is 13.8. The van der Waals surface area contributed by atoms with Crippen LogP contribution in [-0.2, 0) is 4.79 Å². The summed E-state index contributed by atoms with van der Waals surface area (Å²) in [6.45, 7) is 7.43. The Morgan fingerprint density at radius 2 is 2.17 bits per heavy atom. The number of nitrogens with zero attached hydrogens (tertiary/aromatic N) is 1. The molecule has 0 aromatic carbocycles. The van der Waals surface area contributed by atoms with Gasteiger partial charge in [0.25, 0.3) is 0 Å². The number of carboxylic acid groups (broad SMARTS) is 1. The molecular weight excluding hydrogens is 252 g/mol. The van der Waals surface area contributed by atoms with Crippen LogP contribution in [0, 0.1) is 0 Å². The lowest BCUT2D eigenvalue weighted by Crippen LogP contribution is -2.53. The molecule has 1 rings (SSSR count). The summed E-state index contributed by atoms with van der Waals surface area (Å²) in [5.41, 5.74) is 0. The van der Waals surface area contributed by atoms with E-state index in [2.05, 4.69) is 19.2 Å². The first-order chi connectivity index (χ1) is 8.35. The maximum absolute atomic E-state index is 12.0. The minimum atomic E-state index is -0.962. The molecule has 6 heteroatoms. The van der Waals surface area contributed by atoms with Crippen molar-refractivity contribution in [3.05, 3.63) is 0 Å². The standard InChI is InChI=1S/C12H22N2O3S/c1-4-5-9(10(15)16)13-11(17)14-6-7-18-12(2,3)8-14/h9H,4-8H2,1-3H3,(H,13,17)(H,15,16)/t9-/m0/s1. The van der Waals surface area contributed by atoms with Crippen molar-refractivity contribution in [3.63, 3.8) is 0 Å². The topological polar surface area (TPSA) is 69.6 Å². The van der Waals surface area contributed by atoms with Crippen LogP contribution in [0.25, 0.3) is 0 Å². The molecule has 2 N–H and O–H groups in total. The number of hydrogen-bond donors (Lipinski definition) is 2. The summed E-state index contributed by atoms with van der Waals surface area (Å²) in [4.78, 5) is 24.7. The maximum atomic E-state index is 12.0. The van der Waals surface area contributed by atoms with Crippen molar-refractivity contribution in [1.29, 1.82) is 0 Å². The molecule has 0 aromatic heterocycles. The first kappa shape index (κ1) is 15.1. The summed E-state index contributed by atoms with van der Waals surface area (Å²) in [6, 6.07) is -1.04. The molecule has 1 saturated heterocycles. The van der Waals surface area contributed by atoms with Crippen molar-refractivity contribution < 1.29 is 14.7 Å². The van der Waals surface area contributed by atoms with Gasteiger partial charge in [-0.1, -0.05) is 13.3 Å². The highest BCUT2D eigenvalue weighted by molar-refractivity contribution is 8.00. The van der Waals surface area contributed by atoms with E-state index in [9.17, 15) is 9.59 Å². The summed E-state index contributed by atoms with van der Waals surface area (Å²) in [6.07, 6.45) is 1.20. The number of carbonyl (C=O) groups excluding carboxylic acids is 1. The van der Waals surface area contributed by atoms with Crippen LogP contribution in [0.2, 0.25) is 0 Å². The van der Waals surface area contributed by atoms with Crippen LogP contribution >= 0.6 is 11.8 Å². The highest BCUT2D eigenvalue weighted by atomic mass is 32.2. The number of hydrogen-bond acceptors (Lipinski definition) is 3. The highest BCUT2D eigenvalue weighted by Gasteiger charge is 2.31. The molecule has 5 nitrogen and oxygen atoms in total. The van der Waals surface area contributed by atoms with E-state index >= 15 is 0 Å². The molecule has 0 saturated carbocycles. The van der Waals surface area contributed by atoms with Gasteiger partial charge in [-0.3, -0.25) is 0 Å². The van der Waals surface area contributed by atoms with Crippen molar-refractivity contribution in [2.45, 2.75) is 44.4 Å². The minimum Gasteiger partial charge on any atom is -0.480 e. The summed E-state index contributed by atoms with van der Waals surface area (Å²) in [7, 11) is 0. The van der Waals surface area contributed by atoms with Gasteiger partial charge in [0.2, 0.25) is 0 Å². The quantitative estimate of drug-likeness (QED) is 0.820. The van der Waals surface area contributed by atoms with Gasteiger partial charge < -0.3 is 15.3 Å². The maximum Gasteiger partial charge on any atom is 0.326 e. The number of carboxylic acids is 1. The fourth-order valence-corrected chi connectivity index (χ4v) is 3.09. The van der Waals surface area contributed by atoms with E-state index in [4.69, 9.17) is 5.11 Å². The first-order valence-electron chi connectivity index (χ1n) is 6.28. The van der Waals surface area contributed by atoms with Crippen molar-refractivity contribution in [3.8, 4) is 0 Å². The Morgan fingerprint density at radius 1 is 1.50 bits per heavy atom. The van der Waals surface area contributed by atoms with Crippen LogP contribution in [0.4, 0.5) is 4.79 Å². The van der Waals surface area contributed by atoms with Crippen LogP contribution in [0.5, 0.6) is 0 Å². The van der Waals surface area contributed by atoms with Crippen LogP contribution in [-0.4, -0.2) is 51.6 Å².